The van der Waals surface area contributed by atoms with E-state index in [1.54, 1.807) is 0 Å². The fourth-order valence-electron chi connectivity index (χ4n) is 1.40. The third-order valence-electron chi connectivity index (χ3n) is 1.98. The van der Waals surface area contributed by atoms with Gasteiger partial charge in [-0.25, -0.2) is 8.78 Å². The first-order valence-corrected chi connectivity index (χ1v) is 4.47. The number of nitro groups is 1. The lowest BCUT2D eigenvalue weighted by atomic mass is 10.1. The van der Waals surface area contributed by atoms with Crippen molar-refractivity contribution < 1.29 is 23.6 Å². The van der Waals surface area contributed by atoms with Gasteiger partial charge in [0.25, 0.3) is 12.1 Å². The van der Waals surface area contributed by atoms with Gasteiger partial charge in [-0.05, 0) is 6.92 Å². The highest BCUT2D eigenvalue weighted by Gasteiger charge is 2.28. The molecule has 0 aliphatic rings. The second-order valence-corrected chi connectivity index (χ2v) is 3.27. The number of rotatable bonds is 4. The Morgan fingerprint density at radius 3 is 2.65 bits per heavy atom. The van der Waals surface area contributed by atoms with Crippen LogP contribution in [0.25, 0.3) is 0 Å². The highest BCUT2D eigenvalue weighted by atomic mass is 19.3. The Balaban J connectivity index is 3.45. The molecule has 0 unspecified atom stereocenters. The van der Waals surface area contributed by atoms with E-state index in [1.165, 1.54) is 6.92 Å². The SMILES string of the molecule is Cc1cc([N+](=O)[O-])c(C(F)F)c(CC(=O)O)n1. The summed E-state index contributed by atoms with van der Waals surface area (Å²) in [5.41, 5.74) is -2.08. The van der Waals surface area contributed by atoms with Gasteiger partial charge in [0, 0.05) is 11.8 Å². The zero-order valence-corrected chi connectivity index (χ0v) is 8.68. The predicted octanol–water partition coefficient (Wildman–Crippen LogP) is 1.86. The largest absolute Gasteiger partial charge is 0.481 e. The second kappa shape index (κ2) is 4.81. The van der Waals surface area contributed by atoms with Crippen LogP contribution in [0.3, 0.4) is 0 Å². The molecule has 0 fully saturated rings. The second-order valence-electron chi connectivity index (χ2n) is 3.27. The standard InChI is InChI=1S/C9H8F2N2O4/c1-4-2-6(13(16)17)8(9(10)11)5(12-4)3-7(14)15/h2,9H,3H2,1H3,(H,14,15). The summed E-state index contributed by atoms with van der Waals surface area (Å²) in [5, 5.41) is 19.2. The molecule has 1 heterocycles. The molecule has 17 heavy (non-hydrogen) atoms. The van der Waals surface area contributed by atoms with Crippen LogP contribution in [-0.4, -0.2) is 21.0 Å². The van der Waals surface area contributed by atoms with Gasteiger partial charge in [0.2, 0.25) is 0 Å². The van der Waals surface area contributed by atoms with Crippen LogP contribution >= 0.6 is 0 Å². The first-order valence-electron chi connectivity index (χ1n) is 4.47. The Hall–Kier alpha value is -2.12. The van der Waals surface area contributed by atoms with Crippen LogP contribution < -0.4 is 0 Å². The lowest BCUT2D eigenvalue weighted by molar-refractivity contribution is -0.386. The molecule has 0 spiro atoms. The van der Waals surface area contributed by atoms with Crippen molar-refractivity contribution in [3.8, 4) is 0 Å². The van der Waals surface area contributed by atoms with Crippen LogP contribution in [0.2, 0.25) is 0 Å². The monoisotopic (exact) mass is 246 g/mol. The normalized spacial score (nSPS) is 10.6. The number of carbonyl (C=O) groups is 1. The topological polar surface area (TPSA) is 93.3 Å². The molecule has 0 atom stereocenters. The average Bonchev–Trinajstić information content (AvgIpc) is 2.14. The van der Waals surface area contributed by atoms with E-state index in [0.29, 0.717) is 0 Å². The molecule has 0 saturated heterocycles. The van der Waals surface area contributed by atoms with Crippen molar-refractivity contribution in [1.29, 1.82) is 0 Å². The molecule has 0 aromatic carbocycles. The number of halogens is 2. The summed E-state index contributed by atoms with van der Waals surface area (Å²) in [6.07, 6.45) is -3.92. The summed E-state index contributed by atoms with van der Waals surface area (Å²) in [4.78, 5) is 23.7. The van der Waals surface area contributed by atoms with E-state index in [4.69, 9.17) is 5.11 Å². The van der Waals surface area contributed by atoms with E-state index in [-0.39, 0.29) is 5.69 Å². The van der Waals surface area contributed by atoms with E-state index in [2.05, 4.69) is 4.98 Å². The Kier molecular flexibility index (Phi) is 3.66. The molecule has 0 amide bonds. The molecule has 92 valence electrons. The third kappa shape index (κ3) is 2.92. The van der Waals surface area contributed by atoms with Gasteiger partial charge in [0.05, 0.1) is 17.0 Å². The van der Waals surface area contributed by atoms with E-state index in [9.17, 15) is 23.7 Å². The first-order chi connectivity index (χ1) is 7.82. The van der Waals surface area contributed by atoms with Crippen LogP contribution in [0.15, 0.2) is 6.07 Å². The van der Waals surface area contributed by atoms with Crippen molar-refractivity contribution in [2.45, 2.75) is 19.8 Å². The zero-order chi connectivity index (χ0) is 13.2. The molecule has 0 saturated carbocycles. The van der Waals surface area contributed by atoms with Gasteiger partial charge < -0.3 is 5.11 Å². The summed E-state index contributed by atoms with van der Waals surface area (Å²) in [6.45, 7) is 1.37. The fraction of sp³-hybridized carbons (Fsp3) is 0.333. The average molecular weight is 246 g/mol. The maximum atomic E-state index is 12.7. The molecule has 1 N–H and O–H groups in total. The number of pyridine rings is 1. The molecule has 0 aliphatic carbocycles. The van der Waals surface area contributed by atoms with Crippen molar-refractivity contribution in [1.82, 2.24) is 4.98 Å². The Morgan fingerprint density at radius 2 is 2.24 bits per heavy atom. The van der Waals surface area contributed by atoms with Crippen molar-refractivity contribution in [2.75, 3.05) is 0 Å². The molecule has 0 aliphatic heterocycles. The highest BCUT2D eigenvalue weighted by molar-refractivity contribution is 5.70. The van der Waals surface area contributed by atoms with Gasteiger partial charge in [-0.2, -0.15) is 0 Å². The summed E-state index contributed by atoms with van der Waals surface area (Å²) in [7, 11) is 0. The number of nitrogens with zero attached hydrogens (tertiary/aromatic N) is 2. The van der Waals surface area contributed by atoms with Crippen LogP contribution in [0.4, 0.5) is 14.5 Å². The molecule has 0 bridgehead atoms. The van der Waals surface area contributed by atoms with Gasteiger partial charge in [-0.1, -0.05) is 0 Å². The number of carboxylic acids is 1. The molecular weight excluding hydrogens is 238 g/mol. The lowest BCUT2D eigenvalue weighted by Crippen LogP contribution is -2.10. The minimum absolute atomic E-state index is 0.123. The van der Waals surface area contributed by atoms with Crippen molar-refractivity contribution in [2.24, 2.45) is 0 Å². The summed E-state index contributed by atoms with van der Waals surface area (Å²) < 4.78 is 25.4. The van der Waals surface area contributed by atoms with Crippen LogP contribution in [-0.2, 0) is 11.2 Å². The maximum absolute atomic E-state index is 12.7. The molecular formula is C9H8F2N2O4. The van der Waals surface area contributed by atoms with Gasteiger partial charge in [-0.3, -0.25) is 19.9 Å². The van der Waals surface area contributed by atoms with E-state index in [1.807, 2.05) is 0 Å². The minimum atomic E-state index is -3.14. The number of aliphatic carboxylic acids is 1. The Labute approximate surface area is 94.1 Å². The van der Waals surface area contributed by atoms with Crippen LogP contribution in [0, 0.1) is 17.0 Å². The third-order valence-corrected chi connectivity index (χ3v) is 1.98. The fourth-order valence-corrected chi connectivity index (χ4v) is 1.40. The smallest absolute Gasteiger partial charge is 0.309 e. The number of aryl methyl sites for hydroxylation is 1. The molecule has 1 rings (SSSR count). The molecule has 1 aromatic heterocycles. The van der Waals surface area contributed by atoms with Crippen LogP contribution in [0.1, 0.15) is 23.4 Å². The number of aromatic nitrogens is 1. The van der Waals surface area contributed by atoms with Crippen molar-refractivity contribution in [3.05, 3.63) is 33.1 Å². The van der Waals surface area contributed by atoms with Crippen LogP contribution in [0.5, 0.6) is 0 Å². The number of alkyl halides is 2. The van der Waals surface area contributed by atoms with E-state index in [0.717, 1.165) is 6.07 Å². The minimum Gasteiger partial charge on any atom is -0.481 e. The zero-order valence-electron chi connectivity index (χ0n) is 8.68. The van der Waals surface area contributed by atoms with Crippen molar-refractivity contribution in [3.63, 3.8) is 0 Å². The number of carboxylic acid groups (broad SMARTS) is 1. The van der Waals surface area contributed by atoms with Gasteiger partial charge in [0.15, 0.2) is 0 Å². The summed E-state index contributed by atoms with van der Waals surface area (Å²) in [5.74, 6) is -1.38. The summed E-state index contributed by atoms with van der Waals surface area (Å²) in [6, 6.07) is 0.896. The van der Waals surface area contributed by atoms with Gasteiger partial charge in [0.1, 0.15) is 5.56 Å². The van der Waals surface area contributed by atoms with Crippen molar-refractivity contribution >= 4 is 11.7 Å². The number of hydrogen-bond acceptors (Lipinski definition) is 4. The Bertz CT molecular complexity index is 476. The van der Waals surface area contributed by atoms with Gasteiger partial charge in [-0.15, -0.1) is 0 Å². The molecule has 0 radical (unpaired) electrons. The maximum Gasteiger partial charge on any atom is 0.309 e. The lowest BCUT2D eigenvalue weighted by Gasteiger charge is -2.08. The Morgan fingerprint density at radius 1 is 1.65 bits per heavy atom. The predicted molar refractivity (Wildman–Crippen MR) is 51.9 cm³/mol. The highest BCUT2D eigenvalue weighted by Crippen LogP contribution is 2.32. The first kappa shape index (κ1) is 12.9. The molecule has 8 heteroatoms. The van der Waals surface area contributed by atoms with Gasteiger partial charge >= 0.3 is 5.97 Å². The van der Waals surface area contributed by atoms with E-state index >= 15 is 0 Å². The summed E-state index contributed by atoms with van der Waals surface area (Å²) >= 11 is 0. The molecule has 6 nitrogen and oxygen atoms in total. The number of hydrogen-bond donors (Lipinski definition) is 1. The molecule has 1 aromatic rings. The van der Waals surface area contributed by atoms with E-state index < -0.39 is 40.7 Å². The quantitative estimate of drug-likeness (QED) is 0.646.